The standard InChI is InChI=1S/C23H30FN3O3S/c1-17-5-4-14-26(15-17)21-10-6-19(7-11-21)18(2)25-23(28)16-27(31(3,29)30)22-12-8-20(24)9-13-22/h6-13,17-18H,4-5,14-16H2,1-3H3,(H,25,28)/t17-,18+/m1/s1. The summed E-state index contributed by atoms with van der Waals surface area (Å²) in [6.07, 6.45) is 3.48. The van der Waals surface area contributed by atoms with Gasteiger partial charge in [-0.1, -0.05) is 19.1 Å². The maximum atomic E-state index is 13.2. The van der Waals surface area contributed by atoms with Crippen molar-refractivity contribution in [3.05, 3.63) is 59.9 Å². The minimum absolute atomic E-state index is 0.242. The lowest BCUT2D eigenvalue weighted by Crippen LogP contribution is -2.41. The molecule has 8 heteroatoms. The summed E-state index contributed by atoms with van der Waals surface area (Å²) in [6, 6.07) is 12.9. The van der Waals surface area contributed by atoms with E-state index in [1.807, 2.05) is 19.1 Å². The van der Waals surface area contributed by atoms with E-state index in [1.165, 1.54) is 42.8 Å². The van der Waals surface area contributed by atoms with Crippen LogP contribution in [0.2, 0.25) is 0 Å². The monoisotopic (exact) mass is 447 g/mol. The molecule has 0 spiro atoms. The van der Waals surface area contributed by atoms with Gasteiger partial charge in [-0.15, -0.1) is 0 Å². The van der Waals surface area contributed by atoms with Crippen molar-refractivity contribution in [1.29, 1.82) is 0 Å². The summed E-state index contributed by atoms with van der Waals surface area (Å²) in [7, 11) is -3.70. The first-order valence-corrected chi connectivity index (χ1v) is 12.4. The summed E-state index contributed by atoms with van der Waals surface area (Å²) in [6.45, 7) is 5.86. The summed E-state index contributed by atoms with van der Waals surface area (Å²) in [4.78, 5) is 15.0. The van der Waals surface area contributed by atoms with Crippen LogP contribution in [0.1, 0.15) is 38.3 Å². The lowest BCUT2D eigenvalue weighted by molar-refractivity contribution is -0.120. The Kier molecular flexibility index (Phi) is 7.20. The van der Waals surface area contributed by atoms with Crippen molar-refractivity contribution in [2.45, 2.75) is 32.7 Å². The molecule has 1 saturated heterocycles. The van der Waals surface area contributed by atoms with E-state index in [4.69, 9.17) is 0 Å². The van der Waals surface area contributed by atoms with Crippen LogP contribution in [0, 0.1) is 11.7 Å². The van der Waals surface area contributed by atoms with Gasteiger partial charge >= 0.3 is 0 Å². The van der Waals surface area contributed by atoms with E-state index >= 15 is 0 Å². The van der Waals surface area contributed by atoms with Gasteiger partial charge in [0.2, 0.25) is 15.9 Å². The molecule has 2 aromatic carbocycles. The third-order valence-corrected chi connectivity index (χ3v) is 6.74. The molecule has 0 bridgehead atoms. The van der Waals surface area contributed by atoms with E-state index in [2.05, 4.69) is 29.3 Å². The van der Waals surface area contributed by atoms with Crippen LogP contribution in [0.15, 0.2) is 48.5 Å². The quantitative estimate of drug-likeness (QED) is 0.703. The van der Waals surface area contributed by atoms with Gasteiger partial charge in [-0.05, 0) is 67.6 Å². The predicted octanol–water partition coefficient (Wildman–Crippen LogP) is 3.71. The van der Waals surface area contributed by atoms with Crippen LogP contribution >= 0.6 is 0 Å². The Bertz CT molecular complexity index is 994. The Balaban J connectivity index is 1.64. The Hall–Kier alpha value is -2.61. The topological polar surface area (TPSA) is 69.7 Å². The van der Waals surface area contributed by atoms with Gasteiger partial charge in [0, 0.05) is 18.8 Å². The van der Waals surface area contributed by atoms with Crippen LogP contribution in [0.25, 0.3) is 0 Å². The van der Waals surface area contributed by atoms with Crippen molar-refractivity contribution in [3.63, 3.8) is 0 Å². The first kappa shape index (κ1) is 23.1. The van der Waals surface area contributed by atoms with Crippen LogP contribution in [0.5, 0.6) is 0 Å². The number of rotatable bonds is 7. The molecule has 0 saturated carbocycles. The van der Waals surface area contributed by atoms with E-state index in [-0.39, 0.29) is 18.3 Å². The molecule has 1 N–H and O–H groups in total. The fourth-order valence-electron chi connectivity index (χ4n) is 3.91. The average molecular weight is 448 g/mol. The van der Waals surface area contributed by atoms with Gasteiger partial charge in [0.25, 0.3) is 0 Å². The largest absolute Gasteiger partial charge is 0.371 e. The van der Waals surface area contributed by atoms with E-state index in [0.717, 1.165) is 29.2 Å². The molecule has 0 unspecified atom stereocenters. The fourth-order valence-corrected chi connectivity index (χ4v) is 4.76. The van der Waals surface area contributed by atoms with E-state index in [0.29, 0.717) is 5.92 Å². The van der Waals surface area contributed by atoms with Gasteiger partial charge in [-0.25, -0.2) is 12.8 Å². The number of carbonyl (C=O) groups is 1. The maximum absolute atomic E-state index is 13.2. The molecule has 3 rings (SSSR count). The Morgan fingerprint density at radius 2 is 1.84 bits per heavy atom. The molecule has 1 fully saturated rings. The predicted molar refractivity (Wildman–Crippen MR) is 122 cm³/mol. The van der Waals surface area contributed by atoms with Gasteiger partial charge in [0.15, 0.2) is 0 Å². The zero-order chi connectivity index (χ0) is 22.6. The zero-order valence-electron chi connectivity index (χ0n) is 18.2. The summed E-state index contributed by atoms with van der Waals surface area (Å²) in [5, 5.41) is 2.85. The van der Waals surface area contributed by atoms with Gasteiger partial charge in [-0.3, -0.25) is 9.10 Å². The zero-order valence-corrected chi connectivity index (χ0v) is 19.0. The molecule has 1 amide bonds. The Morgan fingerprint density at radius 3 is 2.42 bits per heavy atom. The molecule has 31 heavy (non-hydrogen) atoms. The van der Waals surface area contributed by atoms with Crippen molar-refractivity contribution in [2.75, 3.05) is 35.1 Å². The van der Waals surface area contributed by atoms with Crippen LogP contribution in [-0.2, 0) is 14.8 Å². The molecular formula is C23H30FN3O3S. The second-order valence-electron chi connectivity index (χ2n) is 8.32. The van der Waals surface area contributed by atoms with Crippen LogP contribution in [0.4, 0.5) is 15.8 Å². The molecule has 2 aromatic rings. The smallest absolute Gasteiger partial charge is 0.241 e. The number of carbonyl (C=O) groups excluding carboxylic acids is 1. The third kappa shape index (κ3) is 6.19. The highest BCUT2D eigenvalue weighted by atomic mass is 32.2. The van der Waals surface area contributed by atoms with Crippen LogP contribution in [0.3, 0.4) is 0 Å². The highest BCUT2D eigenvalue weighted by Gasteiger charge is 2.22. The molecule has 168 valence electrons. The van der Waals surface area contributed by atoms with Crippen LogP contribution in [-0.4, -0.2) is 40.2 Å². The Labute approximate surface area is 184 Å². The molecule has 1 aliphatic rings. The first-order chi connectivity index (χ1) is 14.6. The number of sulfonamides is 1. The number of halogens is 1. The number of benzene rings is 2. The maximum Gasteiger partial charge on any atom is 0.241 e. The summed E-state index contributed by atoms with van der Waals surface area (Å²) >= 11 is 0. The minimum Gasteiger partial charge on any atom is -0.371 e. The number of hydrogen-bond acceptors (Lipinski definition) is 4. The van der Waals surface area contributed by atoms with E-state index in [9.17, 15) is 17.6 Å². The molecule has 6 nitrogen and oxygen atoms in total. The molecule has 1 heterocycles. The summed E-state index contributed by atoms with van der Waals surface area (Å²) < 4.78 is 38.5. The average Bonchev–Trinajstić information content (AvgIpc) is 2.72. The molecule has 0 aliphatic carbocycles. The molecule has 2 atom stereocenters. The van der Waals surface area contributed by atoms with Crippen molar-refractivity contribution in [1.82, 2.24) is 5.32 Å². The number of nitrogens with one attached hydrogen (secondary N) is 1. The SMILES string of the molecule is C[C@@H]1CCCN(c2ccc([C@H](C)NC(=O)CN(c3ccc(F)cc3)S(C)(=O)=O)cc2)C1. The molecule has 1 aliphatic heterocycles. The van der Waals surface area contributed by atoms with Gasteiger partial charge in [-0.2, -0.15) is 0 Å². The first-order valence-electron chi connectivity index (χ1n) is 10.5. The minimum atomic E-state index is -3.70. The lowest BCUT2D eigenvalue weighted by Gasteiger charge is -2.33. The number of hydrogen-bond donors (Lipinski definition) is 1. The summed E-state index contributed by atoms with van der Waals surface area (Å²) in [5.41, 5.74) is 2.36. The number of amides is 1. The molecular weight excluding hydrogens is 417 g/mol. The molecule has 0 aromatic heterocycles. The van der Waals surface area contributed by atoms with Crippen molar-refractivity contribution >= 4 is 27.3 Å². The summed E-state index contributed by atoms with van der Waals surface area (Å²) in [5.74, 6) is -0.223. The highest BCUT2D eigenvalue weighted by molar-refractivity contribution is 7.92. The van der Waals surface area contributed by atoms with E-state index in [1.54, 1.807) is 0 Å². The van der Waals surface area contributed by atoms with Crippen molar-refractivity contribution < 1.29 is 17.6 Å². The number of anilines is 2. The highest BCUT2D eigenvalue weighted by Crippen LogP contribution is 2.25. The van der Waals surface area contributed by atoms with Gasteiger partial charge < -0.3 is 10.2 Å². The van der Waals surface area contributed by atoms with Crippen molar-refractivity contribution in [2.24, 2.45) is 5.92 Å². The van der Waals surface area contributed by atoms with Crippen molar-refractivity contribution in [3.8, 4) is 0 Å². The number of piperidine rings is 1. The van der Waals surface area contributed by atoms with E-state index < -0.39 is 21.7 Å². The Morgan fingerprint density at radius 1 is 1.19 bits per heavy atom. The van der Waals surface area contributed by atoms with Gasteiger partial charge in [0.1, 0.15) is 12.4 Å². The molecule has 0 radical (unpaired) electrons. The third-order valence-electron chi connectivity index (χ3n) is 5.59. The lowest BCUT2D eigenvalue weighted by atomic mass is 9.99. The number of nitrogens with zero attached hydrogens (tertiary/aromatic N) is 2. The second-order valence-corrected chi connectivity index (χ2v) is 10.2. The normalized spacial score (nSPS) is 17.8. The fraction of sp³-hybridized carbons (Fsp3) is 0.435. The van der Waals surface area contributed by atoms with Gasteiger partial charge in [0.05, 0.1) is 18.0 Å². The second kappa shape index (κ2) is 9.68. The van der Waals surface area contributed by atoms with Crippen LogP contribution < -0.4 is 14.5 Å².